The number of nitrogens with one attached hydrogen (secondary N) is 1. The van der Waals surface area contributed by atoms with Crippen LogP contribution < -0.4 is 10.2 Å². The van der Waals surface area contributed by atoms with Crippen molar-refractivity contribution < 1.29 is 4.39 Å². The first-order chi connectivity index (χ1) is 12.6. The third-order valence-corrected chi connectivity index (χ3v) is 4.89. The monoisotopic (exact) mass is 348 g/mol. The molecule has 5 heteroatoms. The summed E-state index contributed by atoms with van der Waals surface area (Å²) in [6.07, 6.45) is 1.01. The van der Waals surface area contributed by atoms with Gasteiger partial charge in [-0.25, -0.2) is 9.37 Å². The molecule has 0 saturated carbocycles. The highest BCUT2D eigenvalue weighted by Gasteiger charge is 2.20. The molecule has 1 aromatic heterocycles. The van der Waals surface area contributed by atoms with Crippen LogP contribution in [0.15, 0.2) is 48.5 Å². The summed E-state index contributed by atoms with van der Waals surface area (Å²) in [4.78, 5) is 11.6. The quantitative estimate of drug-likeness (QED) is 0.754. The molecule has 0 amide bonds. The van der Waals surface area contributed by atoms with Crippen molar-refractivity contribution in [2.75, 3.05) is 16.8 Å². The number of nitrogens with zero attached hydrogens (tertiary/aromatic N) is 3. The van der Waals surface area contributed by atoms with Crippen LogP contribution in [0, 0.1) is 19.7 Å². The van der Waals surface area contributed by atoms with Crippen LogP contribution in [0.4, 0.5) is 21.8 Å². The van der Waals surface area contributed by atoms with E-state index < -0.39 is 0 Å². The molecule has 0 fully saturated rings. The lowest BCUT2D eigenvalue weighted by Crippen LogP contribution is -2.32. The van der Waals surface area contributed by atoms with E-state index in [1.165, 1.54) is 23.3 Å². The fourth-order valence-electron chi connectivity index (χ4n) is 3.32. The van der Waals surface area contributed by atoms with Crippen LogP contribution in [0.5, 0.6) is 0 Å². The summed E-state index contributed by atoms with van der Waals surface area (Å²) in [6, 6.07) is 14.8. The first-order valence-corrected chi connectivity index (χ1v) is 8.80. The van der Waals surface area contributed by atoms with Gasteiger partial charge in [-0.3, -0.25) is 0 Å². The molecule has 2 heterocycles. The average Bonchev–Trinajstić information content (AvgIpc) is 2.66. The highest BCUT2D eigenvalue weighted by Crippen LogP contribution is 2.28. The molecular formula is C21H21FN4. The average molecular weight is 348 g/mol. The fraction of sp³-hybridized carbons (Fsp3) is 0.238. The minimum Gasteiger partial charge on any atom is -0.352 e. The summed E-state index contributed by atoms with van der Waals surface area (Å²) in [6.45, 7) is 5.84. The molecule has 0 bridgehead atoms. The van der Waals surface area contributed by atoms with E-state index in [0.717, 1.165) is 42.3 Å². The molecule has 0 aliphatic carbocycles. The molecule has 0 spiro atoms. The number of hydrogen-bond donors (Lipinski definition) is 1. The number of aryl methyl sites for hydroxylation is 1. The maximum absolute atomic E-state index is 13.1. The van der Waals surface area contributed by atoms with Crippen molar-refractivity contribution in [3.05, 3.63) is 76.7 Å². The van der Waals surface area contributed by atoms with Gasteiger partial charge in [0, 0.05) is 30.0 Å². The third kappa shape index (κ3) is 3.25. The molecule has 0 radical (unpaired) electrons. The molecule has 4 rings (SSSR count). The van der Waals surface area contributed by atoms with Gasteiger partial charge < -0.3 is 10.2 Å². The second-order valence-corrected chi connectivity index (χ2v) is 6.65. The summed E-state index contributed by atoms with van der Waals surface area (Å²) in [5.74, 6) is 1.23. The number of fused-ring (bicyclic) bond motifs is 1. The van der Waals surface area contributed by atoms with Crippen molar-refractivity contribution in [3.63, 3.8) is 0 Å². The van der Waals surface area contributed by atoms with Crippen molar-refractivity contribution in [1.29, 1.82) is 0 Å². The Kier molecular flexibility index (Phi) is 4.29. The summed E-state index contributed by atoms with van der Waals surface area (Å²) in [7, 11) is 0. The van der Waals surface area contributed by atoms with E-state index in [-0.39, 0.29) is 5.82 Å². The zero-order valence-corrected chi connectivity index (χ0v) is 15.0. The maximum atomic E-state index is 13.1. The summed E-state index contributed by atoms with van der Waals surface area (Å²) in [5, 5.41) is 3.18. The number of aromatic nitrogens is 2. The van der Waals surface area contributed by atoms with Gasteiger partial charge in [-0.05, 0) is 55.7 Å². The lowest BCUT2D eigenvalue weighted by molar-refractivity contribution is 0.628. The maximum Gasteiger partial charge on any atom is 0.229 e. The molecule has 3 aromatic rings. The van der Waals surface area contributed by atoms with Crippen LogP contribution >= 0.6 is 0 Å². The van der Waals surface area contributed by atoms with Crippen LogP contribution in [0.3, 0.4) is 0 Å². The van der Waals surface area contributed by atoms with Gasteiger partial charge in [0.05, 0.1) is 0 Å². The Labute approximate surface area is 152 Å². The van der Waals surface area contributed by atoms with Gasteiger partial charge in [-0.1, -0.05) is 24.3 Å². The topological polar surface area (TPSA) is 41.1 Å². The van der Waals surface area contributed by atoms with Crippen molar-refractivity contribution >= 4 is 17.5 Å². The van der Waals surface area contributed by atoms with Crippen LogP contribution in [0.2, 0.25) is 0 Å². The molecule has 1 aliphatic rings. The lowest BCUT2D eigenvalue weighted by atomic mass is 9.99. The predicted octanol–water partition coefficient (Wildman–Crippen LogP) is 4.54. The second-order valence-electron chi connectivity index (χ2n) is 6.65. The second kappa shape index (κ2) is 6.75. The number of hydrogen-bond acceptors (Lipinski definition) is 4. The van der Waals surface area contributed by atoms with Gasteiger partial charge in [0.2, 0.25) is 5.95 Å². The normalized spacial score (nSPS) is 13.4. The Morgan fingerprint density at radius 3 is 2.46 bits per heavy atom. The minimum absolute atomic E-state index is 0.260. The zero-order chi connectivity index (χ0) is 18.1. The van der Waals surface area contributed by atoms with E-state index in [1.807, 2.05) is 6.92 Å². The van der Waals surface area contributed by atoms with Crippen LogP contribution in [-0.2, 0) is 13.0 Å². The van der Waals surface area contributed by atoms with Crippen LogP contribution in [0.1, 0.15) is 22.4 Å². The van der Waals surface area contributed by atoms with Crippen LogP contribution in [0.25, 0.3) is 0 Å². The molecular weight excluding hydrogens is 327 g/mol. The molecule has 26 heavy (non-hydrogen) atoms. The van der Waals surface area contributed by atoms with Gasteiger partial charge in [-0.15, -0.1) is 0 Å². The molecule has 2 aromatic carbocycles. The summed E-state index contributed by atoms with van der Waals surface area (Å²) in [5.41, 5.74) is 5.57. The highest BCUT2D eigenvalue weighted by atomic mass is 19.1. The standard InChI is InChI=1S/C21H21FN4/c1-14-15(2)23-21(24-19-9-7-18(22)8-10-19)25-20(14)26-12-11-16-5-3-4-6-17(16)13-26/h3-10H,11-13H2,1-2H3,(H,23,24,25). The Morgan fingerprint density at radius 1 is 0.962 bits per heavy atom. The number of benzene rings is 2. The molecule has 0 atom stereocenters. The molecule has 1 N–H and O–H groups in total. The molecule has 1 aliphatic heterocycles. The summed E-state index contributed by atoms with van der Waals surface area (Å²) < 4.78 is 13.1. The minimum atomic E-state index is -0.260. The first kappa shape index (κ1) is 16.5. The number of anilines is 3. The predicted molar refractivity (Wildman–Crippen MR) is 102 cm³/mol. The molecule has 132 valence electrons. The van der Waals surface area contributed by atoms with Gasteiger partial charge in [0.15, 0.2) is 0 Å². The highest BCUT2D eigenvalue weighted by molar-refractivity contribution is 5.58. The van der Waals surface area contributed by atoms with Crippen molar-refractivity contribution in [3.8, 4) is 0 Å². The summed E-state index contributed by atoms with van der Waals surface area (Å²) >= 11 is 0. The van der Waals surface area contributed by atoms with E-state index in [9.17, 15) is 4.39 Å². The van der Waals surface area contributed by atoms with Crippen molar-refractivity contribution in [2.24, 2.45) is 0 Å². The van der Waals surface area contributed by atoms with E-state index in [1.54, 1.807) is 12.1 Å². The Morgan fingerprint density at radius 2 is 1.69 bits per heavy atom. The number of rotatable bonds is 3. The van der Waals surface area contributed by atoms with E-state index >= 15 is 0 Å². The van der Waals surface area contributed by atoms with Gasteiger partial charge in [-0.2, -0.15) is 4.98 Å². The Hall–Kier alpha value is -2.95. The van der Waals surface area contributed by atoms with Crippen LogP contribution in [-0.4, -0.2) is 16.5 Å². The molecule has 0 unspecified atom stereocenters. The van der Waals surface area contributed by atoms with Gasteiger partial charge in [0.1, 0.15) is 11.6 Å². The molecule has 0 saturated heterocycles. The zero-order valence-electron chi connectivity index (χ0n) is 15.0. The van der Waals surface area contributed by atoms with E-state index in [0.29, 0.717) is 5.95 Å². The van der Waals surface area contributed by atoms with Gasteiger partial charge >= 0.3 is 0 Å². The van der Waals surface area contributed by atoms with Crippen molar-refractivity contribution in [2.45, 2.75) is 26.8 Å². The third-order valence-electron chi connectivity index (χ3n) is 4.89. The Balaban J connectivity index is 1.64. The lowest BCUT2D eigenvalue weighted by Gasteiger charge is -2.31. The largest absolute Gasteiger partial charge is 0.352 e. The van der Waals surface area contributed by atoms with Crippen molar-refractivity contribution in [1.82, 2.24) is 9.97 Å². The Bertz CT molecular complexity index is 937. The van der Waals surface area contributed by atoms with E-state index in [2.05, 4.69) is 46.4 Å². The SMILES string of the molecule is Cc1nc(Nc2ccc(F)cc2)nc(N2CCc3ccccc3C2)c1C. The molecule has 4 nitrogen and oxygen atoms in total. The smallest absolute Gasteiger partial charge is 0.229 e. The fourth-order valence-corrected chi connectivity index (χ4v) is 3.32. The first-order valence-electron chi connectivity index (χ1n) is 8.80. The number of halogens is 1. The van der Waals surface area contributed by atoms with E-state index in [4.69, 9.17) is 4.98 Å². The van der Waals surface area contributed by atoms with Gasteiger partial charge in [0.25, 0.3) is 0 Å².